The molecule has 1 rings (SSSR count). The zero-order chi connectivity index (χ0) is 16.4. The van der Waals surface area contributed by atoms with Gasteiger partial charge < -0.3 is 9.47 Å². The number of hydrogen-bond donors (Lipinski definition) is 0. The van der Waals surface area contributed by atoms with E-state index in [0.29, 0.717) is 19.3 Å². The predicted molar refractivity (Wildman–Crippen MR) is 85.4 cm³/mol. The summed E-state index contributed by atoms with van der Waals surface area (Å²) in [7, 11) is 1.48. The lowest BCUT2D eigenvalue weighted by atomic mass is 9.96. The van der Waals surface area contributed by atoms with Crippen LogP contribution in [-0.2, 0) is 19.1 Å². The van der Waals surface area contributed by atoms with Crippen molar-refractivity contribution in [2.75, 3.05) is 13.7 Å². The molecular formula is C18H24O4. The van der Waals surface area contributed by atoms with Crippen LogP contribution < -0.4 is 0 Å². The first-order chi connectivity index (χ1) is 10.6. The van der Waals surface area contributed by atoms with E-state index in [1.807, 2.05) is 30.3 Å². The second-order valence-electron chi connectivity index (χ2n) is 5.17. The number of carbonyl (C=O) groups is 2. The lowest BCUT2D eigenvalue weighted by Crippen LogP contribution is -2.19. The van der Waals surface area contributed by atoms with Gasteiger partial charge in [-0.2, -0.15) is 0 Å². The monoisotopic (exact) mass is 304 g/mol. The first-order valence-electron chi connectivity index (χ1n) is 7.45. The standard InChI is InChI=1S/C18H24O4/c1-4-9-15(14(2)19)12-8-13-22-18(20)17(21-3)16-10-6-5-7-11-16/h4-7,10-11,15,17H,1,8-9,12-13H2,2-3H3. The largest absolute Gasteiger partial charge is 0.464 e. The minimum atomic E-state index is -0.710. The van der Waals surface area contributed by atoms with Crippen LogP contribution in [-0.4, -0.2) is 25.5 Å². The molecule has 22 heavy (non-hydrogen) atoms. The fourth-order valence-electron chi connectivity index (χ4n) is 2.26. The molecule has 0 bridgehead atoms. The van der Waals surface area contributed by atoms with Crippen LogP contribution in [0.1, 0.15) is 37.9 Å². The molecule has 4 heteroatoms. The smallest absolute Gasteiger partial charge is 0.339 e. The Morgan fingerprint density at radius 1 is 1.27 bits per heavy atom. The third kappa shape index (κ3) is 5.82. The van der Waals surface area contributed by atoms with Crippen molar-refractivity contribution < 1.29 is 19.1 Å². The van der Waals surface area contributed by atoms with Crippen LogP contribution in [0.2, 0.25) is 0 Å². The van der Waals surface area contributed by atoms with E-state index >= 15 is 0 Å². The molecule has 0 saturated carbocycles. The quantitative estimate of drug-likeness (QED) is 0.377. The molecule has 1 aromatic carbocycles. The molecule has 0 aliphatic heterocycles. The van der Waals surface area contributed by atoms with Crippen LogP contribution in [0.15, 0.2) is 43.0 Å². The van der Waals surface area contributed by atoms with Gasteiger partial charge in [-0.25, -0.2) is 4.79 Å². The third-order valence-electron chi connectivity index (χ3n) is 3.52. The van der Waals surface area contributed by atoms with E-state index in [0.717, 1.165) is 5.56 Å². The lowest BCUT2D eigenvalue weighted by molar-refractivity contribution is -0.156. The summed E-state index contributed by atoms with van der Waals surface area (Å²) in [6, 6.07) is 9.22. The average molecular weight is 304 g/mol. The van der Waals surface area contributed by atoms with Gasteiger partial charge in [0, 0.05) is 13.0 Å². The van der Waals surface area contributed by atoms with Gasteiger partial charge in [-0.3, -0.25) is 4.79 Å². The Morgan fingerprint density at radius 3 is 2.50 bits per heavy atom. The molecule has 0 radical (unpaired) electrons. The van der Waals surface area contributed by atoms with E-state index in [2.05, 4.69) is 6.58 Å². The summed E-state index contributed by atoms with van der Waals surface area (Å²) < 4.78 is 10.5. The number of allylic oxidation sites excluding steroid dienone is 1. The maximum Gasteiger partial charge on any atom is 0.339 e. The molecule has 0 aliphatic carbocycles. The van der Waals surface area contributed by atoms with E-state index in [1.54, 1.807) is 13.0 Å². The minimum Gasteiger partial charge on any atom is -0.464 e. The third-order valence-corrected chi connectivity index (χ3v) is 3.52. The molecule has 0 amide bonds. The van der Waals surface area contributed by atoms with E-state index < -0.39 is 12.1 Å². The van der Waals surface area contributed by atoms with Crippen LogP contribution in [0.5, 0.6) is 0 Å². The molecule has 0 aromatic heterocycles. The number of ether oxygens (including phenoxy) is 2. The van der Waals surface area contributed by atoms with Crippen molar-refractivity contribution in [1.29, 1.82) is 0 Å². The first-order valence-corrected chi connectivity index (χ1v) is 7.45. The number of methoxy groups -OCH3 is 1. The van der Waals surface area contributed by atoms with Crippen molar-refractivity contribution in [3.8, 4) is 0 Å². The number of carbonyl (C=O) groups excluding carboxylic acids is 2. The minimum absolute atomic E-state index is 0.0384. The molecule has 2 unspecified atom stereocenters. The highest BCUT2D eigenvalue weighted by molar-refractivity contribution is 5.78. The van der Waals surface area contributed by atoms with Crippen molar-refractivity contribution >= 4 is 11.8 Å². The summed E-state index contributed by atoms with van der Waals surface area (Å²) >= 11 is 0. The number of rotatable bonds is 10. The van der Waals surface area contributed by atoms with Gasteiger partial charge in [-0.15, -0.1) is 6.58 Å². The van der Waals surface area contributed by atoms with Crippen molar-refractivity contribution in [3.63, 3.8) is 0 Å². The molecule has 0 spiro atoms. The zero-order valence-corrected chi connectivity index (χ0v) is 13.3. The molecule has 4 nitrogen and oxygen atoms in total. The normalized spacial score (nSPS) is 13.2. The summed E-state index contributed by atoms with van der Waals surface area (Å²) in [4.78, 5) is 23.5. The average Bonchev–Trinajstić information content (AvgIpc) is 2.52. The molecule has 0 N–H and O–H groups in total. The fraction of sp³-hybridized carbons (Fsp3) is 0.444. The summed E-state index contributed by atoms with van der Waals surface area (Å²) in [5.74, 6) is -0.300. The number of esters is 1. The van der Waals surface area contributed by atoms with Gasteiger partial charge in [0.2, 0.25) is 0 Å². The second-order valence-corrected chi connectivity index (χ2v) is 5.17. The Bertz CT molecular complexity index is 481. The van der Waals surface area contributed by atoms with E-state index in [-0.39, 0.29) is 18.3 Å². The van der Waals surface area contributed by atoms with Gasteiger partial charge in [-0.05, 0) is 31.7 Å². The highest BCUT2D eigenvalue weighted by Gasteiger charge is 2.21. The van der Waals surface area contributed by atoms with Crippen molar-refractivity contribution in [3.05, 3.63) is 48.6 Å². The summed E-state index contributed by atoms with van der Waals surface area (Å²) in [5.41, 5.74) is 0.767. The maximum absolute atomic E-state index is 12.0. The molecule has 0 aliphatic rings. The summed E-state index contributed by atoms with van der Waals surface area (Å²) in [5, 5.41) is 0. The zero-order valence-electron chi connectivity index (χ0n) is 13.3. The van der Waals surface area contributed by atoms with Gasteiger partial charge in [0.15, 0.2) is 6.10 Å². The summed E-state index contributed by atoms with van der Waals surface area (Å²) in [6.45, 7) is 5.52. The first kappa shape index (κ1) is 18.1. The Labute approximate surface area is 132 Å². The lowest BCUT2D eigenvalue weighted by Gasteiger charge is -2.15. The van der Waals surface area contributed by atoms with Gasteiger partial charge in [0.1, 0.15) is 5.78 Å². The van der Waals surface area contributed by atoms with E-state index in [4.69, 9.17) is 9.47 Å². The molecule has 1 aromatic rings. The van der Waals surface area contributed by atoms with Crippen LogP contribution in [0.3, 0.4) is 0 Å². The number of benzene rings is 1. The highest BCUT2D eigenvalue weighted by Crippen LogP contribution is 2.18. The Morgan fingerprint density at radius 2 is 1.95 bits per heavy atom. The van der Waals surface area contributed by atoms with E-state index in [1.165, 1.54) is 7.11 Å². The SMILES string of the molecule is C=CCC(CCCOC(=O)C(OC)c1ccccc1)C(C)=O. The topological polar surface area (TPSA) is 52.6 Å². The molecule has 0 saturated heterocycles. The van der Waals surface area contributed by atoms with Crippen LogP contribution >= 0.6 is 0 Å². The fourth-order valence-corrected chi connectivity index (χ4v) is 2.26. The second kappa shape index (κ2) is 9.90. The van der Waals surface area contributed by atoms with Crippen LogP contribution in [0, 0.1) is 5.92 Å². The number of ketones is 1. The number of Topliss-reactive ketones (excluding diaryl/α,β-unsaturated/α-hetero) is 1. The summed E-state index contributed by atoms with van der Waals surface area (Å²) in [6.07, 6.45) is 3.03. The van der Waals surface area contributed by atoms with E-state index in [9.17, 15) is 9.59 Å². The Balaban J connectivity index is 2.41. The molecule has 0 heterocycles. The Hall–Kier alpha value is -1.94. The predicted octanol–water partition coefficient (Wildman–Crippen LogP) is 3.48. The molecule has 2 atom stereocenters. The maximum atomic E-state index is 12.0. The van der Waals surface area contributed by atoms with Crippen molar-refractivity contribution in [1.82, 2.24) is 0 Å². The van der Waals surface area contributed by atoms with Gasteiger partial charge in [-0.1, -0.05) is 36.4 Å². The molecular weight excluding hydrogens is 280 g/mol. The van der Waals surface area contributed by atoms with Crippen molar-refractivity contribution in [2.45, 2.75) is 32.3 Å². The Kier molecular flexibility index (Phi) is 8.15. The van der Waals surface area contributed by atoms with Crippen LogP contribution in [0.4, 0.5) is 0 Å². The molecule has 0 fully saturated rings. The highest BCUT2D eigenvalue weighted by atomic mass is 16.6. The van der Waals surface area contributed by atoms with Gasteiger partial charge in [0.25, 0.3) is 0 Å². The van der Waals surface area contributed by atoms with Crippen LogP contribution in [0.25, 0.3) is 0 Å². The number of hydrogen-bond acceptors (Lipinski definition) is 4. The van der Waals surface area contributed by atoms with Gasteiger partial charge in [0.05, 0.1) is 6.61 Å². The molecule has 120 valence electrons. The van der Waals surface area contributed by atoms with Crippen molar-refractivity contribution in [2.24, 2.45) is 5.92 Å². The van der Waals surface area contributed by atoms with Gasteiger partial charge >= 0.3 is 5.97 Å².